The first-order valence-corrected chi connectivity index (χ1v) is 15.2. The summed E-state index contributed by atoms with van der Waals surface area (Å²) in [7, 11) is 0. The first-order valence-electron chi connectivity index (χ1n) is 15.2. The van der Waals surface area contributed by atoms with Gasteiger partial charge in [-0.3, -0.25) is 15.0 Å². The molecule has 4 aromatic carbocycles. The highest BCUT2D eigenvalue weighted by Crippen LogP contribution is 2.44. The first-order chi connectivity index (χ1) is 22.8. The average molecular weight is 592 g/mol. The van der Waals surface area contributed by atoms with Gasteiger partial charge in [-0.1, -0.05) is 18.2 Å². The lowest BCUT2D eigenvalue weighted by Crippen LogP contribution is -1.93. The van der Waals surface area contributed by atoms with Gasteiger partial charge in [0.05, 0.1) is 32.8 Å². The van der Waals surface area contributed by atoms with E-state index in [1.54, 1.807) is 6.20 Å². The number of fused-ring (bicyclic) bond motifs is 14. The number of pyridine rings is 3. The SMILES string of the molecule is c1ccc(-n2c3cccnc3c3c4oc5c(ccc6c5c5ncccc5n6-c5ccc6oc7cccnc7c6c5)c4ccc32)cc1. The van der Waals surface area contributed by atoms with Crippen LogP contribution in [0.3, 0.4) is 0 Å². The zero-order valence-electron chi connectivity index (χ0n) is 24.2. The third-order valence-corrected chi connectivity index (χ3v) is 9.26. The highest BCUT2D eigenvalue weighted by Gasteiger charge is 2.23. The summed E-state index contributed by atoms with van der Waals surface area (Å²) in [6.07, 6.45) is 5.50. The van der Waals surface area contributed by atoms with Crippen molar-refractivity contribution in [3.8, 4) is 11.4 Å². The van der Waals surface area contributed by atoms with Gasteiger partial charge in [0.15, 0.2) is 5.58 Å². The third kappa shape index (κ3) is 2.98. The molecule has 0 amide bonds. The lowest BCUT2D eigenvalue weighted by molar-refractivity contribution is 0.668. The molecule has 214 valence electrons. The van der Waals surface area contributed by atoms with Gasteiger partial charge in [-0.25, -0.2) is 0 Å². The van der Waals surface area contributed by atoms with Crippen LogP contribution >= 0.6 is 0 Å². The van der Waals surface area contributed by atoms with E-state index in [-0.39, 0.29) is 0 Å². The number of rotatable bonds is 2. The number of hydrogen-bond acceptors (Lipinski definition) is 5. The number of hydrogen-bond donors (Lipinski definition) is 0. The Morgan fingerprint density at radius 2 is 1.02 bits per heavy atom. The van der Waals surface area contributed by atoms with Crippen LogP contribution in [0.5, 0.6) is 0 Å². The van der Waals surface area contributed by atoms with Crippen LogP contribution in [-0.2, 0) is 0 Å². The minimum atomic E-state index is 0.775. The molecule has 0 unspecified atom stereocenters. The van der Waals surface area contributed by atoms with E-state index in [0.717, 1.165) is 99.3 Å². The Balaban J connectivity index is 1.26. The Bertz CT molecular complexity index is 3040. The summed E-state index contributed by atoms with van der Waals surface area (Å²) in [6, 6.07) is 37.4. The van der Waals surface area contributed by atoms with Crippen LogP contribution in [0.25, 0.3) is 99.3 Å². The molecular formula is C39H21N5O2. The fourth-order valence-electron chi connectivity index (χ4n) is 7.37. The number of benzene rings is 4. The van der Waals surface area contributed by atoms with Crippen molar-refractivity contribution in [1.82, 2.24) is 24.1 Å². The van der Waals surface area contributed by atoms with Crippen LogP contribution in [0.15, 0.2) is 137 Å². The number of nitrogens with zero attached hydrogens (tertiary/aromatic N) is 5. The van der Waals surface area contributed by atoms with Crippen molar-refractivity contribution in [3.05, 3.63) is 128 Å². The molecule has 0 bridgehead atoms. The predicted octanol–water partition coefficient (Wildman–Crippen LogP) is 9.86. The Labute approximate surface area is 259 Å². The van der Waals surface area contributed by atoms with E-state index in [1.807, 2.05) is 48.8 Å². The molecular weight excluding hydrogens is 570 g/mol. The fraction of sp³-hybridized carbons (Fsp3) is 0. The maximum absolute atomic E-state index is 6.98. The fourth-order valence-corrected chi connectivity index (χ4v) is 7.37. The molecule has 0 atom stereocenters. The van der Waals surface area contributed by atoms with Crippen LogP contribution in [0.2, 0.25) is 0 Å². The van der Waals surface area contributed by atoms with Crippen molar-refractivity contribution in [3.63, 3.8) is 0 Å². The van der Waals surface area contributed by atoms with Crippen LogP contribution in [0.1, 0.15) is 0 Å². The van der Waals surface area contributed by atoms with Crippen LogP contribution in [0, 0.1) is 0 Å². The second kappa shape index (κ2) is 8.58. The molecule has 46 heavy (non-hydrogen) atoms. The summed E-state index contributed by atoms with van der Waals surface area (Å²) >= 11 is 0. The molecule has 7 heterocycles. The number of furan rings is 2. The Morgan fingerprint density at radius 3 is 1.70 bits per heavy atom. The van der Waals surface area contributed by atoms with Crippen molar-refractivity contribution in [2.45, 2.75) is 0 Å². The molecule has 0 aliphatic carbocycles. The monoisotopic (exact) mass is 591 g/mol. The third-order valence-electron chi connectivity index (χ3n) is 9.26. The topological polar surface area (TPSA) is 74.8 Å². The van der Waals surface area contributed by atoms with E-state index < -0.39 is 0 Å². The van der Waals surface area contributed by atoms with Crippen LogP contribution < -0.4 is 0 Å². The van der Waals surface area contributed by atoms with Gasteiger partial charge in [0.2, 0.25) is 0 Å². The standard InChI is InChI=1S/C39H21N5O2/c1-2-7-22(8-3-1)43-27-15-13-24-25-14-16-28-34(39(25)46-38(24)33(27)36-29(43)9-4-18-41-36)37-30(10-5-19-42-37)44(28)23-12-17-31-26(21-23)35-32(45-31)11-6-20-40-35/h1-21H. The molecule has 0 N–H and O–H groups in total. The van der Waals surface area contributed by atoms with Crippen molar-refractivity contribution in [2.75, 3.05) is 0 Å². The van der Waals surface area contributed by atoms with Crippen molar-refractivity contribution < 1.29 is 8.83 Å². The molecule has 7 heteroatoms. The predicted molar refractivity (Wildman–Crippen MR) is 183 cm³/mol. The summed E-state index contributed by atoms with van der Waals surface area (Å²) in [4.78, 5) is 14.4. The molecule has 0 saturated heterocycles. The lowest BCUT2D eigenvalue weighted by atomic mass is 10.1. The summed E-state index contributed by atoms with van der Waals surface area (Å²) < 4.78 is 17.6. The van der Waals surface area contributed by atoms with Crippen LogP contribution in [-0.4, -0.2) is 24.1 Å². The minimum absolute atomic E-state index is 0.775. The van der Waals surface area contributed by atoms with E-state index in [2.05, 4.69) is 86.9 Å². The van der Waals surface area contributed by atoms with Crippen molar-refractivity contribution >= 4 is 87.9 Å². The maximum atomic E-state index is 6.98. The van der Waals surface area contributed by atoms with Gasteiger partial charge in [0.1, 0.15) is 33.3 Å². The number of aromatic nitrogens is 5. The van der Waals surface area contributed by atoms with Crippen molar-refractivity contribution in [1.29, 1.82) is 0 Å². The summed E-state index contributed by atoms with van der Waals surface area (Å²) in [5.74, 6) is 0. The summed E-state index contributed by atoms with van der Waals surface area (Å²) in [6.45, 7) is 0. The quantitative estimate of drug-likeness (QED) is 0.200. The molecule has 7 nitrogen and oxygen atoms in total. The van der Waals surface area contributed by atoms with E-state index in [1.165, 1.54) is 0 Å². The zero-order chi connectivity index (χ0) is 29.9. The van der Waals surface area contributed by atoms with Gasteiger partial charge in [-0.05, 0) is 91.0 Å². The highest BCUT2D eigenvalue weighted by molar-refractivity contribution is 6.28. The molecule has 0 fully saturated rings. The lowest BCUT2D eigenvalue weighted by Gasteiger charge is -2.07. The van der Waals surface area contributed by atoms with E-state index in [9.17, 15) is 0 Å². The van der Waals surface area contributed by atoms with Gasteiger partial charge >= 0.3 is 0 Å². The average Bonchev–Trinajstić information content (AvgIpc) is 3.85. The Kier molecular flexibility index (Phi) is 4.46. The van der Waals surface area contributed by atoms with Gasteiger partial charge < -0.3 is 18.0 Å². The Hall–Kier alpha value is -6.47. The second-order valence-corrected chi connectivity index (χ2v) is 11.7. The Morgan fingerprint density at radius 1 is 0.413 bits per heavy atom. The first kappa shape index (κ1) is 23.9. The van der Waals surface area contributed by atoms with E-state index in [0.29, 0.717) is 0 Å². The molecule has 0 aliphatic rings. The highest BCUT2D eigenvalue weighted by atomic mass is 16.3. The van der Waals surface area contributed by atoms with E-state index >= 15 is 0 Å². The van der Waals surface area contributed by atoms with Gasteiger partial charge in [0, 0.05) is 46.1 Å². The number of para-hydroxylation sites is 1. The van der Waals surface area contributed by atoms with Gasteiger partial charge in [-0.2, -0.15) is 0 Å². The molecule has 7 aromatic heterocycles. The van der Waals surface area contributed by atoms with E-state index in [4.69, 9.17) is 18.8 Å². The molecule has 11 rings (SSSR count). The summed E-state index contributed by atoms with van der Waals surface area (Å²) in [5.41, 5.74) is 12.1. The maximum Gasteiger partial charge on any atom is 0.153 e. The van der Waals surface area contributed by atoms with Crippen molar-refractivity contribution in [2.24, 2.45) is 0 Å². The molecule has 11 aromatic rings. The largest absolute Gasteiger partial charge is 0.454 e. The second-order valence-electron chi connectivity index (χ2n) is 11.7. The normalized spacial score (nSPS) is 12.3. The zero-order valence-corrected chi connectivity index (χ0v) is 24.2. The molecule has 0 saturated carbocycles. The smallest absolute Gasteiger partial charge is 0.153 e. The summed E-state index contributed by atoms with van der Waals surface area (Å²) in [5, 5.41) is 5.05. The van der Waals surface area contributed by atoms with Crippen LogP contribution in [0.4, 0.5) is 0 Å². The molecule has 0 spiro atoms. The molecule has 0 aliphatic heterocycles. The minimum Gasteiger partial charge on any atom is -0.454 e. The van der Waals surface area contributed by atoms with Gasteiger partial charge in [0.25, 0.3) is 0 Å². The van der Waals surface area contributed by atoms with Gasteiger partial charge in [-0.15, -0.1) is 0 Å². The molecule has 0 radical (unpaired) electrons.